The van der Waals surface area contributed by atoms with Crippen LogP contribution in [0.4, 0.5) is 0 Å². The van der Waals surface area contributed by atoms with Crippen LogP contribution in [0.15, 0.2) is 0 Å². The van der Waals surface area contributed by atoms with Crippen LogP contribution in [0.3, 0.4) is 0 Å². The fourth-order valence-corrected chi connectivity index (χ4v) is 2.28. The second-order valence-corrected chi connectivity index (χ2v) is 4.72. The van der Waals surface area contributed by atoms with Gasteiger partial charge in [0.15, 0.2) is 0 Å². The van der Waals surface area contributed by atoms with E-state index in [0.29, 0.717) is 0 Å². The molecule has 48 valence electrons. The molecule has 0 spiro atoms. The Hall–Kier alpha value is 0.217. The lowest BCUT2D eigenvalue weighted by Crippen LogP contribution is -2.01. The van der Waals surface area contributed by atoms with Crippen molar-refractivity contribution in [3.8, 4) is 0 Å². The van der Waals surface area contributed by atoms with Gasteiger partial charge in [-0.15, -0.1) is 0 Å². The summed E-state index contributed by atoms with van der Waals surface area (Å²) in [7, 11) is 1.42. The second kappa shape index (κ2) is 2.22. The molecule has 8 heavy (non-hydrogen) atoms. The fraction of sp³-hybridized carbons (Fsp3) is 1.00. The van der Waals surface area contributed by atoms with E-state index >= 15 is 0 Å². The van der Waals surface area contributed by atoms with Crippen LogP contribution >= 0.6 is 0 Å². The van der Waals surface area contributed by atoms with E-state index in [2.05, 4.69) is 13.8 Å². The monoisotopic (exact) mass is 128 g/mol. The van der Waals surface area contributed by atoms with Gasteiger partial charge in [0.1, 0.15) is 0 Å². The van der Waals surface area contributed by atoms with Crippen LogP contribution in [0.1, 0.15) is 26.7 Å². The van der Waals surface area contributed by atoms with Crippen molar-refractivity contribution >= 4 is 10.2 Å². The van der Waals surface area contributed by atoms with Crippen molar-refractivity contribution in [2.75, 3.05) is 0 Å². The minimum atomic E-state index is 1.05. The summed E-state index contributed by atoms with van der Waals surface area (Å²) in [5, 5.41) is 0. The summed E-state index contributed by atoms with van der Waals surface area (Å²) >= 11 is 0. The lowest BCUT2D eigenvalue weighted by molar-refractivity contribution is 0.555. The summed E-state index contributed by atoms with van der Waals surface area (Å²) in [6, 6.07) is 0. The van der Waals surface area contributed by atoms with Crippen molar-refractivity contribution in [1.29, 1.82) is 0 Å². The molecule has 2 atom stereocenters. The zero-order valence-electron chi connectivity index (χ0n) is 6.15. The van der Waals surface area contributed by atoms with Gasteiger partial charge in [-0.3, -0.25) is 0 Å². The maximum Gasteiger partial charge on any atom is 0.00740 e. The molecular formula is C7H16Si. The highest BCUT2D eigenvalue weighted by Gasteiger charge is 2.25. The first-order valence-electron chi connectivity index (χ1n) is 3.72. The van der Waals surface area contributed by atoms with Gasteiger partial charge in [-0.1, -0.05) is 26.7 Å². The SMILES string of the molecule is CC1CCC(C)C1[SiH3]. The van der Waals surface area contributed by atoms with E-state index < -0.39 is 0 Å². The van der Waals surface area contributed by atoms with Crippen molar-refractivity contribution in [2.24, 2.45) is 11.8 Å². The summed E-state index contributed by atoms with van der Waals surface area (Å²) in [5.74, 6) is 2.10. The Kier molecular flexibility index (Phi) is 1.76. The van der Waals surface area contributed by atoms with E-state index in [1.54, 1.807) is 0 Å². The summed E-state index contributed by atoms with van der Waals surface area (Å²) in [6.45, 7) is 4.81. The van der Waals surface area contributed by atoms with Crippen molar-refractivity contribution in [3.05, 3.63) is 0 Å². The van der Waals surface area contributed by atoms with Crippen molar-refractivity contribution in [2.45, 2.75) is 32.2 Å². The molecule has 0 aliphatic heterocycles. The first-order valence-corrected chi connectivity index (χ1v) is 4.87. The van der Waals surface area contributed by atoms with E-state index in [4.69, 9.17) is 0 Å². The summed E-state index contributed by atoms with van der Waals surface area (Å²) in [5.41, 5.74) is 1.12. The molecule has 0 amide bonds. The van der Waals surface area contributed by atoms with Crippen LogP contribution in [-0.4, -0.2) is 10.2 Å². The zero-order valence-corrected chi connectivity index (χ0v) is 8.15. The molecule has 1 heteroatoms. The Morgan fingerprint density at radius 2 is 1.50 bits per heavy atom. The fourth-order valence-electron chi connectivity index (χ4n) is 1.61. The Bertz CT molecular complexity index is 70.5. The van der Waals surface area contributed by atoms with Gasteiger partial charge in [-0.05, 0) is 17.4 Å². The molecular weight excluding hydrogens is 112 g/mol. The average Bonchev–Trinajstić information content (AvgIpc) is 1.98. The van der Waals surface area contributed by atoms with Crippen molar-refractivity contribution < 1.29 is 0 Å². The largest absolute Gasteiger partial charge is 0.0625 e. The quantitative estimate of drug-likeness (QED) is 0.430. The minimum Gasteiger partial charge on any atom is -0.0625 e. The summed E-state index contributed by atoms with van der Waals surface area (Å²) in [4.78, 5) is 0. The van der Waals surface area contributed by atoms with Gasteiger partial charge in [0.25, 0.3) is 0 Å². The topological polar surface area (TPSA) is 0 Å². The summed E-state index contributed by atoms with van der Waals surface area (Å²) in [6.07, 6.45) is 2.99. The molecule has 1 saturated carbocycles. The van der Waals surface area contributed by atoms with Gasteiger partial charge in [-0.2, -0.15) is 0 Å². The third-order valence-electron chi connectivity index (χ3n) is 2.87. The molecule has 1 aliphatic carbocycles. The lowest BCUT2D eigenvalue weighted by Gasteiger charge is -2.11. The standard InChI is InChI=1S/C7H16Si/c1-5-3-4-6(2)7(5)8/h5-7H,3-4H2,1-2,8H3. The van der Waals surface area contributed by atoms with Gasteiger partial charge in [0, 0.05) is 10.2 Å². The Morgan fingerprint density at radius 1 is 1.12 bits per heavy atom. The second-order valence-electron chi connectivity index (χ2n) is 3.39. The average molecular weight is 128 g/mol. The molecule has 0 bridgehead atoms. The van der Waals surface area contributed by atoms with E-state index in [1.807, 2.05) is 0 Å². The van der Waals surface area contributed by atoms with Crippen LogP contribution < -0.4 is 0 Å². The van der Waals surface area contributed by atoms with E-state index in [0.717, 1.165) is 17.4 Å². The molecule has 0 aromatic carbocycles. The van der Waals surface area contributed by atoms with Gasteiger partial charge in [-0.25, -0.2) is 0 Å². The third kappa shape index (κ3) is 0.969. The molecule has 0 saturated heterocycles. The predicted octanol–water partition coefficient (Wildman–Crippen LogP) is 1.21. The molecule has 0 heterocycles. The van der Waals surface area contributed by atoms with Crippen LogP contribution in [0, 0.1) is 11.8 Å². The van der Waals surface area contributed by atoms with E-state index in [9.17, 15) is 0 Å². The molecule has 0 aromatic heterocycles. The Labute approximate surface area is 55.1 Å². The molecule has 0 N–H and O–H groups in total. The maximum atomic E-state index is 2.40. The number of hydrogen-bond acceptors (Lipinski definition) is 0. The molecule has 2 unspecified atom stereocenters. The van der Waals surface area contributed by atoms with Crippen molar-refractivity contribution in [1.82, 2.24) is 0 Å². The predicted molar refractivity (Wildman–Crippen MR) is 41.3 cm³/mol. The molecule has 0 radical (unpaired) electrons. The molecule has 0 nitrogen and oxygen atoms in total. The van der Waals surface area contributed by atoms with Gasteiger partial charge >= 0.3 is 0 Å². The first kappa shape index (κ1) is 6.34. The highest BCUT2D eigenvalue weighted by molar-refractivity contribution is 6.12. The smallest absolute Gasteiger partial charge is 0.00740 e. The zero-order chi connectivity index (χ0) is 6.15. The summed E-state index contributed by atoms with van der Waals surface area (Å²) < 4.78 is 0. The number of rotatable bonds is 0. The van der Waals surface area contributed by atoms with Crippen LogP contribution in [-0.2, 0) is 0 Å². The van der Waals surface area contributed by atoms with E-state index in [-0.39, 0.29) is 0 Å². The van der Waals surface area contributed by atoms with Gasteiger partial charge in [0.05, 0.1) is 0 Å². The molecule has 0 aromatic rings. The van der Waals surface area contributed by atoms with Crippen molar-refractivity contribution in [3.63, 3.8) is 0 Å². The molecule has 1 rings (SSSR count). The maximum absolute atomic E-state index is 2.40. The lowest BCUT2D eigenvalue weighted by atomic mass is 10.1. The van der Waals surface area contributed by atoms with Crippen LogP contribution in [0.25, 0.3) is 0 Å². The molecule has 1 aliphatic rings. The Balaban J connectivity index is 2.44. The van der Waals surface area contributed by atoms with Crippen LogP contribution in [0.5, 0.6) is 0 Å². The third-order valence-corrected chi connectivity index (χ3v) is 5.15. The normalized spacial score (nSPS) is 48.0. The highest BCUT2D eigenvalue weighted by atomic mass is 28.1. The van der Waals surface area contributed by atoms with Gasteiger partial charge in [0.2, 0.25) is 0 Å². The molecule has 1 fully saturated rings. The minimum absolute atomic E-state index is 1.05. The number of hydrogen-bond donors (Lipinski definition) is 0. The van der Waals surface area contributed by atoms with Gasteiger partial charge < -0.3 is 0 Å². The van der Waals surface area contributed by atoms with E-state index in [1.165, 1.54) is 23.1 Å². The first-order chi connectivity index (χ1) is 3.72. The van der Waals surface area contributed by atoms with Crippen LogP contribution in [0.2, 0.25) is 5.54 Å². The Morgan fingerprint density at radius 3 is 1.62 bits per heavy atom. The highest BCUT2D eigenvalue weighted by Crippen LogP contribution is 2.38.